The number of hydrogen-bond acceptors (Lipinski definition) is 4. The smallest absolute Gasteiger partial charge is 0.189 e. The molecule has 2 aromatic rings. The average molecular weight is 407 g/mol. The van der Waals surface area contributed by atoms with Crippen molar-refractivity contribution in [1.82, 2.24) is 4.90 Å². The number of benzene rings is 2. The first kappa shape index (κ1) is 23.4. The van der Waals surface area contributed by atoms with E-state index in [0.29, 0.717) is 11.3 Å². The van der Waals surface area contributed by atoms with Crippen molar-refractivity contribution in [3.63, 3.8) is 0 Å². The van der Waals surface area contributed by atoms with Gasteiger partial charge in [0, 0.05) is 17.6 Å². The third-order valence-corrected chi connectivity index (χ3v) is 5.17. The molecule has 2 rings (SSSR count). The van der Waals surface area contributed by atoms with Crippen LogP contribution in [0.15, 0.2) is 61.2 Å². The highest BCUT2D eigenvalue weighted by atomic mass is 16.5. The van der Waals surface area contributed by atoms with Crippen LogP contribution in [0.3, 0.4) is 0 Å². The second-order valence-electron chi connectivity index (χ2n) is 8.24. The second kappa shape index (κ2) is 10.8. The Morgan fingerprint density at radius 2 is 1.87 bits per heavy atom. The van der Waals surface area contributed by atoms with Crippen LogP contribution in [0, 0.1) is 0 Å². The lowest BCUT2D eigenvalue weighted by Crippen LogP contribution is -2.16. The van der Waals surface area contributed by atoms with Crippen LogP contribution in [0.2, 0.25) is 0 Å². The zero-order chi connectivity index (χ0) is 22.1. The van der Waals surface area contributed by atoms with E-state index in [0.717, 1.165) is 36.3 Å². The predicted molar refractivity (Wildman–Crippen MR) is 128 cm³/mol. The van der Waals surface area contributed by atoms with Gasteiger partial charge in [-0.1, -0.05) is 44.2 Å². The van der Waals surface area contributed by atoms with Gasteiger partial charge in [0.1, 0.15) is 5.75 Å². The fourth-order valence-corrected chi connectivity index (χ4v) is 3.02. The maximum absolute atomic E-state index is 12.9. The lowest BCUT2D eigenvalue weighted by Gasteiger charge is -2.21. The monoisotopic (exact) mass is 406 g/mol. The maximum atomic E-state index is 12.9. The molecule has 0 saturated carbocycles. The highest BCUT2D eigenvalue weighted by molar-refractivity contribution is 6.08. The molecule has 0 aromatic heterocycles. The Bertz CT molecular complexity index is 880. The van der Waals surface area contributed by atoms with Crippen molar-refractivity contribution >= 4 is 17.5 Å². The quantitative estimate of drug-likeness (QED) is 0.234. The van der Waals surface area contributed by atoms with Crippen LogP contribution < -0.4 is 10.1 Å². The standard InChI is InChI=1S/C26H34N2O2/c1-7-26(2,3)21-12-16-25(30-6)23(19-21)24(29)15-11-20-9-13-22(14-10-20)27-17-8-18-28(4)5/h7,9-16,19,27H,1,8,17-18H2,2-6H3/b15-11+. The summed E-state index contributed by atoms with van der Waals surface area (Å²) in [5, 5.41) is 3.42. The van der Waals surface area contributed by atoms with Gasteiger partial charge in [0.05, 0.1) is 12.7 Å². The molecule has 0 atom stereocenters. The molecular weight excluding hydrogens is 372 g/mol. The Balaban J connectivity index is 2.08. The van der Waals surface area contributed by atoms with Crippen molar-refractivity contribution in [3.05, 3.63) is 77.9 Å². The van der Waals surface area contributed by atoms with Gasteiger partial charge in [-0.15, -0.1) is 6.58 Å². The number of anilines is 1. The first-order valence-corrected chi connectivity index (χ1v) is 10.3. The minimum absolute atomic E-state index is 0.0838. The van der Waals surface area contributed by atoms with Crippen LogP contribution in [0.4, 0.5) is 5.69 Å². The van der Waals surface area contributed by atoms with E-state index in [1.54, 1.807) is 13.2 Å². The summed E-state index contributed by atoms with van der Waals surface area (Å²) in [4.78, 5) is 15.0. The molecule has 1 N–H and O–H groups in total. The number of allylic oxidation sites excluding steroid dienone is 2. The van der Waals surface area contributed by atoms with Gasteiger partial charge in [-0.3, -0.25) is 4.79 Å². The second-order valence-corrected chi connectivity index (χ2v) is 8.24. The molecular formula is C26H34N2O2. The van der Waals surface area contributed by atoms with Crippen molar-refractivity contribution in [2.75, 3.05) is 39.6 Å². The Kier molecular flexibility index (Phi) is 8.43. The first-order chi connectivity index (χ1) is 14.3. The molecule has 2 aromatic carbocycles. The molecule has 0 unspecified atom stereocenters. The number of nitrogens with zero attached hydrogens (tertiary/aromatic N) is 1. The van der Waals surface area contributed by atoms with Crippen molar-refractivity contribution < 1.29 is 9.53 Å². The van der Waals surface area contributed by atoms with E-state index < -0.39 is 0 Å². The van der Waals surface area contributed by atoms with E-state index in [4.69, 9.17) is 4.74 Å². The van der Waals surface area contributed by atoms with Gasteiger partial charge in [-0.05, 0) is 68.5 Å². The van der Waals surface area contributed by atoms with E-state index in [1.807, 2.05) is 54.6 Å². The molecule has 0 bridgehead atoms. The third kappa shape index (κ3) is 6.60. The predicted octanol–water partition coefficient (Wildman–Crippen LogP) is 5.42. The summed E-state index contributed by atoms with van der Waals surface area (Å²) in [5.74, 6) is 0.491. The van der Waals surface area contributed by atoms with Gasteiger partial charge in [-0.25, -0.2) is 0 Å². The molecule has 160 valence electrons. The van der Waals surface area contributed by atoms with Crippen LogP contribution in [0.25, 0.3) is 6.08 Å². The van der Waals surface area contributed by atoms with Crippen LogP contribution >= 0.6 is 0 Å². The minimum Gasteiger partial charge on any atom is -0.496 e. The van der Waals surface area contributed by atoms with Crippen molar-refractivity contribution in [2.45, 2.75) is 25.7 Å². The Labute approximate surface area is 181 Å². The zero-order valence-electron chi connectivity index (χ0n) is 18.9. The van der Waals surface area contributed by atoms with Gasteiger partial charge in [0.2, 0.25) is 0 Å². The Hall–Kier alpha value is -2.85. The number of nitrogens with one attached hydrogen (secondary N) is 1. The fraction of sp³-hybridized carbons (Fsp3) is 0.346. The van der Waals surface area contributed by atoms with Gasteiger partial charge in [0.25, 0.3) is 0 Å². The lowest BCUT2D eigenvalue weighted by molar-refractivity contribution is 0.104. The van der Waals surface area contributed by atoms with E-state index in [-0.39, 0.29) is 11.2 Å². The van der Waals surface area contributed by atoms with Crippen molar-refractivity contribution in [3.8, 4) is 5.75 Å². The average Bonchev–Trinajstić information content (AvgIpc) is 2.75. The summed E-state index contributed by atoms with van der Waals surface area (Å²) < 4.78 is 5.41. The van der Waals surface area contributed by atoms with Gasteiger partial charge in [-0.2, -0.15) is 0 Å². The molecule has 0 spiro atoms. The number of hydrogen-bond donors (Lipinski definition) is 1. The summed E-state index contributed by atoms with van der Waals surface area (Å²) in [6.45, 7) is 10.0. The number of ether oxygens (including phenoxy) is 1. The Morgan fingerprint density at radius 1 is 1.17 bits per heavy atom. The number of methoxy groups -OCH3 is 1. The molecule has 0 saturated heterocycles. The van der Waals surface area contributed by atoms with Crippen molar-refractivity contribution in [2.24, 2.45) is 0 Å². The van der Waals surface area contributed by atoms with E-state index in [9.17, 15) is 4.79 Å². The van der Waals surface area contributed by atoms with E-state index in [1.165, 1.54) is 0 Å². The normalized spacial score (nSPS) is 11.7. The minimum atomic E-state index is -0.222. The summed E-state index contributed by atoms with van der Waals surface area (Å²) in [6.07, 6.45) is 6.41. The number of carbonyl (C=O) groups is 1. The van der Waals surface area contributed by atoms with Crippen LogP contribution in [0.1, 0.15) is 41.8 Å². The largest absolute Gasteiger partial charge is 0.496 e. The van der Waals surface area contributed by atoms with Crippen LogP contribution in [-0.4, -0.2) is 45.0 Å². The SMILES string of the molecule is C=CC(C)(C)c1ccc(OC)c(C(=O)/C=C/c2ccc(NCCCN(C)C)cc2)c1. The number of rotatable bonds is 11. The molecule has 0 radical (unpaired) electrons. The van der Waals surface area contributed by atoms with Gasteiger partial charge >= 0.3 is 0 Å². The molecule has 0 aliphatic rings. The van der Waals surface area contributed by atoms with Crippen LogP contribution in [-0.2, 0) is 5.41 Å². The third-order valence-electron chi connectivity index (χ3n) is 5.17. The highest BCUT2D eigenvalue weighted by Gasteiger charge is 2.19. The lowest BCUT2D eigenvalue weighted by atomic mass is 9.83. The zero-order valence-corrected chi connectivity index (χ0v) is 18.9. The van der Waals surface area contributed by atoms with Gasteiger partial charge < -0.3 is 15.0 Å². The molecule has 0 amide bonds. The number of carbonyl (C=O) groups excluding carboxylic acids is 1. The maximum Gasteiger partial charge on any atom is 0.189 e. The molecule has 4 nitrogen and oxygen atoms in total. The summed E-state index contributed by atoms with van der Waals surface area (Å²) in [7, 11) is 5.74. The molecule has 4 heteroatoms. The summed E-state index contributed by atoms with van der Waals surface area (Å²) in [5.41, 5.74) is 3.42. The fourth-order valence-electron chi connectivity index (χ4n) is 3.02. The summed E-state index contributed by atoms with van der Waals surface area (Å²) >= 11 is 0. The molecule has 0 aliphatic carbocycles. The number of ketones is 1. The molecule has 0 fully saturated rings. The topological polar surface area (TPSA) is 41.6 Å². The molecule has 30 heavy (non-hydrogen) atoms. The van der Waals surface area contributed by atoms with Gasteiger partial charge in [0.15, 0.2) is 5.78 Å². The van der Waals surface area contributed by atoms with E-state index in [2.05, 4.69) is 44.7 Å². The Morgan fingerprint density at radius 3 is 2.47 bits per heavy atom. The molecule has 0 aliphatic heterocycles. The first-order valence-electron chi connectivity index (χ1n) is 10.3. The highest BCUT2D eigenvalue weighted by Crippen LogP contribution is 2.29. The summed E-state index contributed by atoms with van der Waals surface area (Å²) in [6, 6.07) is 13.8. The van der Waals surface area contributed by atoms with Crippen molar-refractivity contribution in [1.29, 1.82) is 0 Å². The van der Waals surface area contributed by atoms with Crippen LogP contribution in [0.5, 0.6) is 5.75 Å². The molecule has 0 heterocycles. The van der Waals surface area contributed by atoms with E-state index >= 15 is 0 Å².